The quantitative estimate of drug-likeness (QED) is 0.834. The van der Waals surface area contributed by atoms with Crippen LogP contribution in [0.15, 0.2) is 17.5 Å². The SMILES string of the molecule is c1csc(CN2CC[C@]3(COCCN(CC4CCOCC4)C3)C2)c1. The van der Waals surface area contributed by atoms with Crippen molar-refractivity contribution in [1.29, 1.82) is 0 Å². The summed E-state index contributed by atoms with van der Waals surface area (Å²) < 4.78 is 11.6. The Kier molecular flexibility index (Phi) is 5.54. The number of hydrogen-bond donors (Lipinski definition) is 0. The van der Waals surface area contributed by atoms with Crippen LogP contribution in [0.5, 0.6) is 0 Å². The maximum absolute atomic E-state index is 6.04. The molecule has 1 aromatic rings. The first kappa shape index (κ1) is 17.0. The third-order valence-corrected chi connectivity index (χ3v) is 6.71. The minimum absolute atomic E-state index is 0.346. The highest BCUT2D eigenvalue weighted by atomic mass is 32.1. The van der Waals surface area contributed by atoms with Crippen molar-refractivity contribution in [2.75, 3.05) is 59.2 Å². The summed E-state index contributed by atoms with van der Waals surface area (Å²) >= 11 is 1.88. The van der Waals surface area contributed by atoms with Gasteiger partial charge in [0.1, 0.15) is 0 Å². The lowest BCUT2D eigenvalue weighted by atomic mass is 9.87. The minimum atomic E-state index is 0.346. The van der Waals surface area contributed by atoms with Crippen LogP contribution in [0.3, 0.4) is 0 Å². The standard InChI is InChI=1S/C19H30N2O2S/c1-2-18(24-11-1)13-20-6-5-19(14-20)15-21(7-10-23-16-19)12-17-3-8-22-9-4-17/h1-2,11,17H,3-10,12-16H2/t19-/m0/s1. The van der Waals surface area contributed by atoms with Gasteiger partial charge in [0.2, 0.25) is 0 Å². The van der Waals surface area contributed by atoms with Crippen LogP contribution in [0.25, 0.3) is 0 Å². The van der Waals surface area contributed by atoms with Gasteiger partial charge in [-0.15, -0.1) is 11.3 Å². The molecule has 4 rings (SSSR count). The molecule has 24 heavy (non-hydrogen) atoms. The van der Waals surface area contributed by atoms with Crippen LogP contribution < -0.4 is 0 Å². The summed E-state index contributed by atoms with van der Waals surface area (Å²) in [6.07, 6.45) is 3.74. The lowest BCUT2D eigenvalue weighted by Crippen LogP contribution is -2.43. The van der Waals surface area contributed by atoms with Gasteiger partial charge in [-0.25, -0.2) is 0 Å². The van der Waals surface area contributed by atoms with Crippen molar-refractivity contribution < 1.29 is 9.47 Å². The number of ether oxygens (including phenoxy) is 2. The number of hydrogen-bond acceptors (Lipinski definition) is 5. The molecule has 4 heterocycles. The second kappa shape index (κ2) is 7.83. The Balaban J connectivity index is 1.35. The molecule has 3 aliphatic rings. The van der Waals surface area contributed by atoms with Crippen molar-refractivity contribution in [3.05, 3.63) is 22.4 Å². The fourth-order valence-electron chi connectivity index (χ4n) is 4.56. The Morgan fingerprint density at radius 3 is 2.79 bits per heavy atom. The van der Waals surface area contributed by atoms with Gasteiger partial charge in [0, 0.05) is 56.2 Å². The number of nitrogens with zero attached hydrogens (tertiary/aromatic N) is 2. The zero-order valence-electron chi connectivity index (χ0n) is 14.6. The van der Waals surface area contributed by atoms with Crippen LogP contribution in [-0.4, -0.2) is 69.0 Å². The summed E-state index contributed by atoms with van der Waals surface area (Å²) in [5.41, 5.74) is 0.346. The van der Waals surface area contributed by atoms with E-state index in [1.807, 2.05) is 11.3 Å². The Labute approximate surface area is 149 Å². The minimum Gasteiger partial charge on any atom is -0.381 e. The van der Waals surface area contributed by atoms with Gasteiger partial charge >= 0.3 is 0 Å². The van der Waals surface area contributed by atoms with E-state index in [0.29, 0.717) is 5.41 Å². The van der Waals surface area contributed by atoms with Gasteiger partial charge in [0.15, 0.2) is 0 Å². The van der Waals surface area contributed by atoms with Crippen LogP contribution in [0, 0.1) is 11.3 Å². The van der Waals surface area contributed by atoms with E-state index in [1.165, 1.54) is 50.3 Å². The molecule has 4 nitrogen and oxygen atoms in total. The van der Waals surface area contributed by atoms with Crippen molar-refractivity contribution in [2.45, 2.75) is 25.8 Å². The zero-order valence-corrected chi connectivity index (χ0v) is 15.4. The first-order chi connectivity index (χ1) is 11.8. The van der Waals surface area contributed by atoms with Crippen molar-refractivity contribution in [3.63, 3.8) is 0 Å². The van der Waals surface area contributed by atoms with Gasteiger partial charge < -0.3 is 14.4 Å². The Morgan fingerprint density at radius 2 is 1.96 bits per heavy atom. The summed E-state index contributed by atoms with van der Waals surface area (Å²) in [6.45, 7) is 10.8. The monoisotopic (exact) mass is 350 g/mol. The maximum Gasteiger partial charge on any atom is 0.0593 e. The molecule has 0 bridgehead atoms. The van der Waals surface area contributed by atoms with Gasteiger partial charge in [0.25, 0.3) is 0 Å². The first-order valence-electron chi connectivity index (χ1n) is 9.44. The highest BCUT2D eigenvalue weighted by Crippen LogP contribution is 2.35. The van der Waals surface area contributed by atoms with Gasteiger partial charge in [-0.1, -0.05) is 6.07 Å². The van der Waals surface area contributed by atoms with E-state index in [4.69, 9.17) is 9.47 Å². The van der Waals surface area contributed by atoms with E-state index in [2.05, 4.69) is 27.3 Å². The molecule has 0 amide bonds. The summed E-state index contributed by atoms with van der Waals surface area (Å²) in [5.74, 6) is 0.817. The van der Waals surface area contributed by atoms with E-state index in [1.54, 1.807) is 0 Å². The predicted octanol–water partition coefficient (Wildman–Crippen LogP) is 2.70. The maximum atomic E-state index is 6.04. The van der Waals surface area contributed by atoms with Crippen LogP contribution in [0.2, 0.25) is 0 Å². The highest BCUT2D eigenvalue weighted by Gasteiger charge is 2.41. The van der Waals surface area contributed by atoms with Crippen LogP contribution in [-0.2, 0) is 16.0 Å². The average molecular weight is 351 g/mol. The average Bonchev–Trinajstić information content (AvgIpc) is 3.19. The fraction of sp³-hybridized carbons (Fsp3) is 0.789. The number of thiophene rings is 1. The number of likely N-dealkylation sites (tertiary alicyclic amines) is 1. The molecular weight excluding hydrogens is 320 g/mol. The molecule has 0 aliphatic carbocycles. The summed E-state index contributed by atoms with van der Waals surface area (Å²) in [7, 11) is 0. The van der Waals surface area contributed by atoms with E-state index in [0.717, 1.165) is 45.4 Å². The Hall–Kier alpha value is -0.460. The Morgan fingerprint density at radius 1 is 1.08 bits per heavy atom. The molecule has 0 aromatic carbocycles. The summed E-state index contributed by atoms with van der Waals surface area (Å²) in [5, 5.41) is 2.19. The lowest BCUT2D eigenvalue weighted by Gasteiger charge is -2.34. The summed E-state index contributed by atoms with van der Waals surface area (Å²) in [4.78, 5) is 6.81. The van der Waals surface area contributed by atoms with Gasteiger partial charge in [-0.2, -0.15) is 0 Å². The lowest BCUT2D eigenvalue weighted by molar-refractivity contribution is 0.0468. The van der Waals surface area contributed by atoms with Crippen LogP contribution in [0.1, 0.15) is 24.1 Å². The molecule has 3 saturated heterocycles. The predicted molar refractivity (Wildman–Crippen MR) is 97.4 cm³/mol. The second-order valence-electron chi connectivity index (χ2n) is 7.88. The second-order valence-corrected chi connectivity index (χ2v) is 8.92. The largest absolute Gasteiger partial charge is 0.381 e. The summed E-state index contributed by atoms with van der Waals surface area (Å²) in [6, 6.07) is 4.42. The normalized spacial score (nSPS) is 30.8. The van der Waals surface area contributed by atoms with Crippen LogP contribution in [0.4, 0.5) is 0 Å². The van der Waals surface area contributed by atoms with Crippen molar-refractivity contribution >= 4 is 11.3 Å². The molecule has 1 spiro atoms. The molecule has 3 fully saturated rings. The topological polar surface area (TPSA) is 24.9 Å². The van der Waals surface area contributed by atoms with E-state index < -0.39 is 0 Å². The molecule has 5 heteroatoms. The zero-order chi connectivity index (χ0) is 16.2. The molecule has 0 saturated carbocycles. The molecule has 1 atom stereocenters. The third-order valence-electron chi connectivity index (χ3n) is 5.85. The first-order valence-corrected chi connectivity index (χ1v) is 10.3. The highest BCUT2D eigenvalue weighted by molar-refractivity contribution is 7.09. The van der Waals surface area contributed by atoms with Crippen molar-refractivity contribution in [1.82, 2.24) is 9.80 Å². The van der Waals surface area contributed by atoms with Crippen molar-refractivity contribution in [3.8, 4) is 0 Å². The van der Waals surface area contributed by atoms with Crippen LogP contribution >= 0.6 is 11.3 Å². The molecule has 0 radical (unpaired) electrons. The van der Waals surface area contributed by atoms with E-state index in [9.17, 15) is 0 Å². The smallest absolute Gasteiger partial charge is 0.0593 e. The van der Waals surface area contributed by atoms with Crippen molar-refractivity contribution in [2.24, 2.45) is 11.3 Å². The van der Waals surface area contributed by atoms with E-state index in [-0.39, 0.29) is 0 Å². The van der Waals surface area contributed by atoms with Gasteiger partial charge in [-0.3, -0.25) is 4.90 Å². The fourth-order valence-corrected chi connectivity index (χ4v) is 5.31. The number of rotatable bonds is 4. The molecule has 134 valence electrons. The molecule has 0 N–H and O–H groups in total. The molecule has 0 unspecified atom stereocenters. The van der Waals surface area contributed by atoms with Gasteiger partial charge in [-0.05, 0) is 43.2 Å². The molecular formula is C19H30N2O2S. The van der Waals surface area contributed by atoms with E-state index >= 15 is 0 Å². The third kappa shape index (κ3) is 4.20. The molecule has 3 aliphatic heterocycles. The molecule has 1 aromatic heterocycles. The van der Waals surface area contributed by atoms with Gasteiger partial charge in [0.05, 0.1) is 13.2 Å². The Bertz CT molecular complexity index is 503.